The highest BCUT2D eigenvalue weighted by Crippen LogP contribution is 2.25. The van der Waals surface area contributed by atoms with Crippen LogP contribution < -0.4 is 10.2 Å². The molecular formula is C13H18BrN3OS2. The number of halogens is 1. The van der Waals surface area contributed by atoms with E-state index in [4.69, 9.17) is 4.74 Å². The van der Waals surface area contributed by atoms with Gasteiger partial charge in [-0.15, -0.1) is 22.7 Å². The molecule has 2 aromatic heterocycles. The first-order valence-electron chi connectivity index (χ1n) is 6.27. The van der Waals surface area contributed by atoms with Crippen molar-refractivity contribution < 1.29 is 4.74 Å². The van der Waals surface area contributed by atoms with E-state index in [0.29, 0.717) is 0 Å². The van der Waals surface area contributed by atoms with Gasteiger partial charge < -0.3 is 15.0 Å². The van der Waals surface area contributed by atoms with Crippen LogP contribution in [0.25, 0.3) is 0 Å². The summed E-state index contributed by atoms with van der Waals surface area (Å²) in [4.78, 5) is 6.82. The number of ether oxygens (including phenoxy) is 1. The normalized spacial score (nSPS) is 10.9. The van der Waals surface area contributed by atoms with Gasteiger partial charge in [-0.2, -0.15) is 0 Å². The van der Waals surface area contributed by atoms with Gasteiger partial charge in [-0.05, 0) is 32.9 Å². The molecule has 0 bridgehead atoms. The number of hydrogen-bond donors (Lipinski definition) is 1. The van der Waals surface area contributed by atoms with E-state index >= 15 is 0 Å². The topological polar surface area (TPSA) is 37.4 Å². The Morgan fingerprint density at radius 3 is 2.95 bits per heavy atom. The van der Waals surface area contributed by atoms with Gasteiger partial charge in [-0.25, -0.2) is 4.98 Å². The van der Waals surface area contributed by atoms with E-state index in [0.717, 1.165) is 37.1 Å². The van der Waals surface area contributed by atoms with E-state index in [2.05, 4.69) is 55.0 Å². The van der Waals surface area contributed by atoms with Crippen molar-refractivity contribution in [3.05, 3.63) is 31.9 Å². The number of aromatic nitrogens is 1. The molecule has 0 aliphatic heterocycles. The smallest absolute Gasteiger partial charge is 0.185 e. The molecule has 0 fully saturated rings. The van der Waals surface area contributed by atoms with Crippen molar-refractivity contribution in [2.75, 3.05) is 32.2 Å². The van der Waals surface area contributed by atoms with Crippen molar-refractivity contribution in [3.8, 4) is 0 Å². The molecule has 0 unspecified atom stereocenters. The minimum absolute atomic E-state index is 0.726. The van der Waals surface area contributed by atoms with Gasteiger partial charge >= 0.3 is 0 Å². The lowest BCUT2D eigenvalue weighted by atomic mass is 10.3. The lowest BCUT2D eigenvalue weighted by Crippen LogP contribution is -2.19. The average molecular weight is 376 g/mol. The van der Waals surface area contributed by atoms with Crippen LogP contribution in [0.15, 0.2) is 20.6 Å². The molecule has 0 saturated carbocycles. The number of nitrogens with zero attached hydrogens (tertiary/aromatic N) is 2. The minimum Gasteiger partial charge on any atom is -0.383 e. The van der Waals surface area contributed by atoms with E-state index in [1.165, 1.54) is 9.35 Å². The van der Waals surface area contributed by atoms with Crippen LogP contribution in [0, 0.1) is 0 Å². The molecule has 4 nitrogen and oxygen atoms in total. The minimum atomic E-state index is 0.726. The molecule has 7 heteroatoms. The summed E-state index contributed by atoms with van der Waals surface area (Å²) in [7, 11) is 3.78. The van der Waals surface area contributed by atoms with Crippen molar-refractivity contribution in [2.45, 2.75) is 13.1 Å². The summed E-state index contributed by atoms with van der Waals surface area (Å²) in [6.07, 6.45) is 0. The second kappa shape index (κ2) is 8.09. The lowest BCUT2D eigenvalue weighted by Gasteiger charge is -2.14. The molecule has 0 aliphatic carbocycles. The summed E-state index contributed by atoms with van der Waals surface area (Å²) in [5.74, 6) is 0. The van der Waals surface area contributed by atoms with Gasteiger partial charge in [0.05, 0.1) is 16.1 Å². The van der Waals surface area contributed by atoms with Crippen molar-refractivity contribution in [3.63, 3.8) is 0 Å². The summed E-state index contributed by atoms with van der Waals surface area (Å²) < 4.78 is 6.17. The van der Waals surface area contributed by atoms with E-state index in [1.807, 2.05) is 0 Å². The molecule has 110 valence electrons. The van der Waals surface area contributed by atoms with Crippen LogP contribution in [0.5, 0.6) is 0 Å². The molecule has 1 N–H and O–H groups in total. The van der Waals surface area contributed by atoms with Crippen LogP contribution in [0.3, 0.4) is 0 Å². The molecule has 2 rings (SSSR count). The van der Waals surface area contributed by atoms with Gasteiger partial charge in [-0.3, -0.25) is 0 Å². The fourth-order valence-corrected chi connectivity index (χ4v) is 3.71. The highest BCUT2D eigenvalue weighted by atomic mass is 79.9. The maximum atomic E-state index is 5.00. The van der Waals surface area contributed by atoms with E-state index in [-0.39, 0.29) is 0 Å². The standard InChI is InChI=1S/C13H18BrN3OS2/c1-17(7-10-5-12(14)19-8-10)13-16-11(9-20-13)6-15-3-4-18-2/h5,8-9,15H,3-4,6-7H2,1-2H3. The number of rotatable bonds is 8. The largest absolute Gasteiger partial charge is 0.383 e. The summed E-state index contributed by atoms with van der Waals surface area (Å²) in [5.41, 5.74) is 2.39. The van der Waals surface area contributed by atoms with Gasteiger partial charge in [0.2, 0.25) is 0 Å². The predicted octanol–water partition coefficient (Wildman–Crippen LogP) is 3.34. The number of thiophene rings is 1. The molecule has 20 heavy (non-hydrogen) atoms. The monoisotopic (exact) mass is 375 g/mol. The first-order valence-corrected chi connectivity index (χ1v) is 8.82. The third-order valence-corrected chi connectivity index (χ3v) is 5.25. The average Bonchev–Trinajstić information content (AvgIpc) is 3.04. The van der Waals surface area contributed by atoms with Crippen LogP contribution in [0.1, 0.15) is 11.3 Å². The third kappa shape index (κ3) is 4.82. The summed E-state index contributed by atoms with van der Waals surface area (Å²) >= 11 is 6.89. The van der Waals surface area contributed by atoms with Gasteiger partial charge in [-0.1, -0.05) is 0 Å². The zero-order valence-electron chi connectivity index (χ0n) is 11.6. The number of hydrogen-bond acceptors (Lipinski definition) is 6. The molecule has 0 radical (unpaired) electrons. The van der Waals surface area contributed by atoms with Crippen LogP contribution in [-0.2, 0) is 17.8 Å². The van der Waals surface area contributed by atoms with Crippen LogP contribution in [-0.4, -0.2) is 32.3 Å². The third-order valence-electron chi connectivity index (χ3n) is 2.70. The molecule has 0 aliphatic rings. The molecule has 2 aromatic rings. The number of thiazole rings is 1. The maximum Gasteiger partial charge on any atom is 0.185 e. The fourth-order valence-electron chi connectivity index (χ4n) is 1.71. The second-order valence-corrected chi connectivity index (χ2v) is 7.53. The second-order valence-electron chi connectivity index (χ2n) is 4.41. The lowest BCUT2D eigenvalue weighted by molar-refractivity contribution is 0.199. The Morgan fingerprint density at radius 2 is 2.25 bits per heavy atom. The molecule has 2 heterocycles. The summed E-state index contributed by atoms with van der Waals surface area (Å²) in [5, 5.41) is 8.63. The van der Waals surface area contributed by atoms with E-state index in [1.54, 1.807) is 29.8 Å². The van der Waals surface area contributed by atoms with E-state index < -0.39 is 0 Å². The molecule has 0 atom stereocenters. The zero-order valence-corrected chi connectivity index (χ0v) is 14.8. The molecule has 0 amide bonds. The Kier molecular flexibility index (Phi) is 6.44. The highest BCUT2D eigenvalue weighted by Gasteiger charge is 2.08. The van der Waals surface area contributed by atoms with Crippen LogP contribution in [0.4, 0.5) is 5.13 Å². The zero-order chi connectivity index (χ0) is 14.4. The SMILES string of the molecule is COCCNCc1csc(N(C)Cc2csc(Br)c2)n1. The predicted molar refractivity (Wildman–Crippen MR) is 89.8 cm³/mol. The van der Waals surface area contributed by atoms with Gasteiger partial charge in [0.15, 0.2) is 5.13 Å². The van der Waals surface area contributed by atoms with Crippen molar-refractivity contribution >= 4 is 43.7 Å². The Morgan fingerprint density at radius 1 is 1.40 bits per heavy atom. The maximum absolute atomic E-state index is 5.00. The Bertz CT molecular complexity index is 529. The fraction of sp³-hybridized carbons (Fsp3) is 0.462. The number of methoxy groups -OCH3 is 1. The highest BCUT2D eigenvalue weighted by molar-refractivity contribution is 9.11. The summed E-state index contributed by atoms with van der Waals surface area (Å²) in [6.45, 7) is 3.25. The van der Waals surface area contributed by atoms with Gasteiger partial charge in [0, 0.05) is 39.2 Å². The molecular weight excluding hydrogens is 358 g/mol. The molecule has 0 saturated heterocycles. The first-order chi connectivity index (χ1) is 9.69. The van der Waals surface area contributed by atoms with Gasteiger partial charge in [0.1, 0.15) is 0 Å². The quantitative estimate of drug-likeness (QED) is 0.717. The van der Waals surface area contributed by atoms with Crippen LogP contribution in [0.2, 0.25) is 0 Å². The Hall–Kier alpha value is -0.470. The number of nitrogens with one attached hydrogen (secondary N) is 1. The van der Waals surface area contributed by atoms with Gasteiger partial charge in [0.25, 0.3) is 0 Å². The first kappa shape index (κ1) is 15.9. The van der Waals surface area contributed by atoms with Crippen molar-refractivity contribution in [1.82, 2.24) is 10.3 Å². The van der Waals surface area contributed by atoms with Crippen molar-refractivity contribution in [2.24, 2.45) is 0 Å². The van der Waals surface area contributed by atoms with Crippen molar-refractivity contribution in [1.29, 1.82) is 0 Å². The molecule has 0 spiro atoms. The summed E-state index contributed by atoms with van der Waals surface area (Å²) in [6, 6.07) is 2.15. The number of anilines is 1. The molecule has 0 aromatic carbocycles. The van der Waals surface area contributed by atoms with Crippen LogP contribution >= 0.6 is 38.6 Å². The Labute approximate surface area is 135 Å². The van der Waals surface area contributed by atoms with E-state index in [9.17, 15) is 0 Å². The Balaban J connectivity index is 1.84.